The maximum atomic E-state index is 6.24. The lowest BCUT2D eigenvalue weighted by atomic mass is 10.0. The summed E-state index contributed by atoms with van der Waals surface area (Å²) >= 11 is 0. The maximum Gasteiger partial charge on any atom is 0.181 e. The van der Waals surface area contributed by atoms with E-state index in [0.717, 1.165) is 33.9 Å². The van der Waals surface area contributed by atoms with Crippen LogP contribution in [0.15, 0.2) is 66.7 Å². The third-order valence-corrected chi connectivity index (χ3v) is 5.07. The number of hydrogen-bond acceptors (Lipinski definition) is 3. The van der Waals surface area contributed by atoms with Crippen molar-refractivity contribution >= 4 is 28.1 Å². The first-order valence-electron chi connectivity index (χ1n) is 9.16. The number of nitrogens with zero attached hydrogens (tertiary/aromatic N) is 2. The number of anilines is 3. The zero-order chi connectivity index (χ0) is 18.5. The van der Waals surface area contributed by atoms with Gasteiger partial charge in [0.15, 0.2) is 17.3 Å². The molecular weight excluding hydrogens is 332 g/mol. The van der Waals surface area contributed by atoms with E-state index in [9.17, 15) is 0 Å². The van der Waals surface area contributed by atoms with Crippen LogP contribution in [-0.2, 0) is 0 Å². The number of rotatable bonds is 1. The molecule has 0 saturated carbocycles. The summed E-state index contributed by atoms with van der Waals surface area (Å²) in [6.45, 7) is 6.46. The Bertz CT molecular complexity index is 1170. The minimum absolute atomic E-state index is 0.784. The van der Waals surface area contributed by atoms with Crippen LogP contribution in [0.4, 0.5) is 17.2 Å². The van der Waals surface area contributed by atoms with E-state index in [1.54, 1.807) is 0 Å². The van der Waals surface area contributed by atoms with E-state index in [1.165, 1.54) is 22.4 Å². The van der Waals surface area contributed by atoms with Crippen LogP contribution in [0.5, 0.6) is 11.5 Å². The van der Waals surface area contributed by atoms with E-state index in [4.69, 9.17) is 9.72 Å². The maximum absolute atomic E-state index is 6.24. The molecule has 3 nitrogen and oxygen atoms in total. The monoisotopic (exact) mass is 352 g/mol. The van der Waals surface area contributed by atoms with Gasteiger partial charge in [-0.3, -0.25) is 4.90 Å². The Morgan fingerprint density at radius 3 is 2.30 bits per heavy atom. The zero-order valence-electron chi connectivity index (χ0n) is 15.7. The van der Waals surface area contributed by atoms with Gasteiger partial charge in [0.1, 0.15) is 0 Å². The van der Waals surface area contributed by atoms with Crippen molar-refractivity contribution in [2.24, 2.45) is 0 Å². The second-order valence-electron chi connectivity index (χ2n) is 7.16. The smallest absolute Gasteiger partial charge is 0.181 e. The van der Waals surface area contributed by atoms with Crippen LogP contribution in [0.3, 0.4) is 0 Å². The summed E-state index contributed by atoms with van der Waals surface area (Å²) in [7, 11) is 0. The summed E-state index contributed by atoms with van der Waals surface area (Å²) in [5.41, 5.74) is 6.87. The first-order valence-corrected chi connectivity index (χ1v) is 9.16. The number of para-hydroxylation sites is 3. The van der Waals surface area contributed by atoms with Crippen LogP contribution in [0.25, 0.3) is 10.9 Å². The number of pyridine rings is 1. The molecule has 2 heterocycles. The first-order chi connectivity index (χ1) is 13.1. The largest absolute Gasteiger partial charge is 0.451 e. The second kappa shape index (κ2) is 5.85. The Kier molecular flexibility index (Phi) is 3.44. The molecule has 5 rings (SSSR count). The van der Waals surface area contributed by atoms with Crippen molar-refractivity contribution in [3.8, 4) is 11.5 Å². The molecule has 1 aromatic heterocycles. The van der Waals surface area contributed by atoms with E-state index in [1.807, 2.05) is 36.4 Å². The van der Waals surface area contributed by atoms with Gasteiger partial charge in [-0.25, -0.2) is 4.98 Å². The quantitative estimate of drug-likeness (QED) is 0.334. The molecule has 0 N–H and O–H groups in total. The fourth-order valence-corrected chi connectivity index (χ4v) is 4.03. The lowest BCUT2D eigenvalue weighted by molar-refractivity contribution is 0.475. The molecule has 0 unspecified atom stereocenters. The van der Waals surface area contributed by atoms with Gasteiger partial charge in [0.25, 0.3) is 0 Å². The number of fused-ring (bicyclic) bond motifs is 3. The molecule has 0 fully saturated rings. The van der Waals surface area contributed by atoms with Crippen LogP contribution in [0, 0.1) is 20.8 Å². The highest BCUT2D eigenvalue weighted by molar-refractivity contribution is 5.91. The van der Waals surface area contributed by atoms with E-state index in [0.29, 0.717) is 0 Å². The Hall–Kier alpha value is -3.33. The lowest BCUT2D eigenvalue weighted by Gasteiger charge is -2.34. The van der Waals surface area contributed by atoms with E-state index < -0.39 is 0 Å². The molecule has 1 aliphatic rings. The van der Waals surface area contributed by atoms with E-state index >= 15 is 0 Å². The van der Waals surface area contributed by atoms with Crippen molar-refractivity contribution in [3.05, 3.63) is 83.4 Å². The molecule has 3 heteroatoms. The molecule has 0 saturated heterocycles. The molecule has 0 amide bonds. The summed E-state index contributed by atoms with van der Waals surface area (Å²) in [6, 6.07) is 22.8. The second-order valence-corrected chi connectivity index (χ2v) is 7.16. The van der Waals surface area contributed by atoms with Gasteiger partial charge < -0.3 is 4.74 Å². The van der Waals surface area contributed by atoms with Crippen molar-refractivity contribution in [2.75, 3.05) is 4.90 Å². The average molecular weight is 352 g/mol. The number of aryl methyl sites for hydroxylation is 3. The molecule has 0 spiro atoms. The minimum atomic E-state index is 0.784. The normalized spacial score (nSPS) is 12.5. The van der Waals surface area contributed by atoms with Crippen LogP contribution < -0.4 is 9.64 Å². The topological polar surface area (TPSA) is 25.4 Å². The Morgan fingerprint density at radius 2 is 1.48 bits per heavy atom. The van der Waals surface area contributed by atoms with Crippen molar-refractivity contribution in [1.29, 1.82) is 0 Å². The Labute approximate surface area is 158 Å². The zero-order valence-corrected chi connectivity index (χ0v) is 15.7. The minimum Gasteiger partial charge on any atom is -0.451 e. The molecule has 0 bridgehead atoms. The molecule has 0 radical (unpaired) electrons. The highest BCUT2D eigenvalue weighted by Gasteiger charge is 2.29. The van der Waals surface area contributed by atoms with Crippen LogP contribution in [-0.4, -0.2) is 4.98 Å². The fourth-order valence-electron chi connectivity index (χ4n) is 4.03. The first kappa shape index (κ1) is 15.9. The Balaban J connectivity index is 1.84. The molecule has 132 valence electrons. The van der Waals surface area contributed by atoms with Crippen molar-refractivity contribution in [3.63, 3.8) is 0 Å². The van der Waals surface area contributed by atoms with Crippen LogP contribution >= 0.6 is 0 Å². The highest BCUT2D eigenvalue weighted by atomic mass is 16.5. The summed E-state index contributed by atoms with van der Waals surface area (Å²) in [5.74, 6) is 2.47. The van der Waals surface area contributed by atoms with E-state index in [-0.39, 0.29) is 0 Å². The average Bonchev–Trinajstić information content (AvgIpc) is 2.65. The molecule has 4 aromatic rings. The van der Waals surface area contributed by atoms with Gasteiger partial charge in [0.2, 0.25) is 0 Å². The van der Waals surface area contributed by atoms with Crippen molar-refractivity contribution in [1.82, 2.24) is 4.98 Å². The fraction of sp³-hybridized carbons (Fsp3) is 0.125. The van der Waals surface area contributed by atoms with Gasteiger partial charge >= 0.3 is 0 Å². The molecular formula is C24H20N2O. The lowest BCUT2D eigenvalue weighted by Crippen LogP contribution is -2.19. The molecule has 0 atom stereocenters. The molecule has 3 aromatic carbocycles. The van der Waals surface area contributed by atoms with Gasteiger partial charge in [-0.05, 0) is 56.2 Å². The molecule has 0 aliphatic carbocycles. The summed E-state index contributed by atoms with van der Waals surface area (Å²) in [4.78, 5) is 7.22. The number of ether oxygens (including phenoxy) is 1. The van der Waals surface area contributed by atoms with Crippen molar-refractivity contribution < 1.29 is 4.74 Å². The van der Waals surface area contributed by atoms with Crippen LogP contribution in [0.2, 0.25) is 0 Å². The van der Waals surface area contributed by atoms with E-state index in [2.05, 4.69) is 56.0 Å². The van der Waals surface area contributed by atoms with Crippen molar-refractivity contribution in [2.45, 2.75) is 20.8 Å². The summed E-state index contributed by atoms with van der Waals surface area (Å²) < 4.78 is 6.24. The van der Waals surface area contributed by atoms with Gasteiger partial charge in [-0.1, -0.05) is 48.0 Å². The Morgan fingerprint density at radius 1 is 0.778 bits per heavy atom. The summed E-state index contributed by atoms with van der Waals surface area (Å²) in [6.07, 6.45) is 0. The third kappa shape index (κ3) is 2.47. The molecule has 1 aliphatic heterocycles. The third-order valence-electron chi connectivity index (χ3n) is 5.07. The predicted molar refractivity (Wildman–Crippen MR) is 111 cm³/mol. The summed E-state index contributed by atoms with van der Waals surface area (Å²) in [5, 5.41) is 1.08. The van der Waals surface area contributed by atoms with Gasteiger partial charge in [-0.15, -0.1) is 0 Å². The number of aromatic nitrogens is 1. The van der Waals surface area contributed by atoms with Gasteiger partial charge in [-0.2, -0.15) is 0 Å². The molecule has 27 heavy (non-hydrogen) atoms. The van der Waals surface area contributed by atoms with Gasteiger partial charge in [0.05, 0.1) is 16.9 Å². The highest BCUT2D eigenvalue weighted by Crippen LogP contribution is 2.51. The number of hydrogen-bond donors (Lipinski definition) is 0. The SMILES string of the molecule is Cc1cc(C)c(N2c3ccccc3Oc3cc4ccccc4nc32)c(C)c1. The number of benzene rings is 3. The standard InChI is InChI=1S/C24H20N2O/c1-15-12-16(2)23(17(3)13-15)26-20-10-6-7-11-21(20)27-22-14-18-8-4-5-9-19(18)25-24(22)26/h4-14H,1-3H3. The van der Waals surface area contributed by atoms with Gasteiger partial charge in [0, 0.05) is 5.39 Å². The predicted octanol–water partition coefficient (Wildman–Crippen LogP) is 6.74. The van der Waals surface area contributed by atoms with Crippen LogP contribution in [0.1, 0.15) is 16.7 Å².